The van der Waals surface area contributed by atoms with E-state index >= 15 is 0 Å². The molecule has 8 heteroatoms. The highest BCUT2D eigenvalue weighted by molar-refractivity contribution is 7.98. The maximum Gasteiger partial charge on any atom is 0.258 e. The van der Waals surface area contributed by atoms with Gasteiger partial charge in [0.05, 0.1) is 0 Å². The second-order valence-electron chi connectivity index (χ2n) is 5.24. The third-order valence-electron chi connectivity index (χ3n) is 3.71. The molecule has 7 nitrogen and oxygen atoms in total. The molecule has 4 rings (SSSR count). The van der Waals surface area contributed by atoms with E-state index in [1.807, 2.05) is 53.4 Å². The van der Waals surface area contributed by atoms with Gasteiger partial charge in [-0.05, 0) is 36.6 Å². The molecule has 1 aromatic carbocycles. The Morgan fingerprint density at radius 1 is 1.12 bits per heavy atom. The summed E-state index contributed by atoms with van der Waals surface area (Å²) in [7, 11) is 0. The number of benzene rings is 1. The van der Waals surface area contributed by atoms with Crippen LogP contribution in [0, 0.1) is 0 Å². The fraction of sp³-hybridized carbons (Fsp3) is 0.0588. The first-order chi connectivity index (χ1) is 12.3. The van der Waals surface area contributed by atoms with Crippen LogP contribution in [-0.4, -0.2) is 36.3 Å². The summed E-state index contributed by atoms with van der Waals surface area (Å²) in [6.45, 7) is 0. The topological polar surface area (TPSA) is 77.1 Å². The number of anilines is 1. The lowest BCUT2D eigenvalue weighted by Gasteiger charge is -2.08. The summed E-state index contributed by atoms with van der Waals surface area (Å²) in [5.74, 6) is 0.143. The van der Waals surface area contributed by atoms with Gasteiger partial charge < -0.3 is 0 Å². The van der Waals surface area contributed by atoms with Crippen LogP contribution in [0.15, 0.2) is 66.2 Å². The minimum Gasteiger partial charge on any atom is -0.295 e. The number of aromatic nitrogens is 5. The Balaban J connectivity index is 1.64. The van der Waals surface area contributed by atoms with Gasteiger partial charge in [-0.1, -0.05) is 23.9 Å². The number of hydrogen-bond acceptors (Lipinski definition) is 5. The monoisotopic (exact) mass is 350 g/mol. The van der Waals surface area contributed by atoms with Gasteiger partial charge in [0, 0.05) is 29.8 Å². The van der Waals surface area contributed by atoms with E-state index in [2.05, 4.69) is 20.5 Å². The number of thioether (sulfide) groups is 1. The molecule has 0 aliphatic heterocycles. The highest BCUT2D eigenvalue weighted by atomic mass is 32.2. The number of fused-ring (bicyclic) bond motifs is 1. The molecule has 0 radical (unpaired) electrons. The predicted octanol–water partition coefficient (Wildman–Crippen LogP) is 2.89. The second-order valence-corrected chi connectivity index (χ2v) is 6.01. The lowest BCUT2D eigenvalue weighted by Crippen LogP contribution is -2.14. The molecule has 4 aromatic rings. The van der Waals surface area contributed by atoms with Crippen molar-refractivity contribution in [3.63, 3.8) is 0 Å². The van der Waals surface area contributed by atoms with Crippen molar-refractivity contribution < 1.29 is 4.79 Å². The first-order valence-corrected chi connectivity index (χ1v) is 8.77. The van der Waals surface area contributed by atoms with Crippen LogP contribution in [0.25, 0.3) is 11.3 Å². The minimum atomic E-state index is -0.245. The standard InChI is InChI=1S/C17H14N6OS/c1-25-17-18-8-10-22(17)13-6-4-5-12(11-13)15(24)19-16-21-20-14-7-2-3-9-23(14)16/h2-11H,1H3,(H,19,21,24). The van der Waals surface area contributed by atoms with Gasteiger partial charge in [-0.2, -0.15) is 0 Å². The normalized spacial score (nSPS) is 10.9. The molecule has 25 heavy (non-hydrogen) atoms. The molecule has 0 aliphatic rings. The average molecular weight is 350 g/mol. The molecule has 0 saturated carbocycles. The number of carbonyl (C=O) groups excluding carboxylic acids is 1. The second kappa shape index (κ2) is 6.40. The van der Waals surface area contributed by atoms with Crippen molar-refractivity contribution in [3.8, 4) is 5.69 Å². The zero-order chi connectivity index (χ0) is 17.2. The number of pyridine rings is 1. The Hall–Kier alpha value is -3.13. The van der Waals surface area contributed by atoms with Crippen molar-refractivity contribution in [2.75, 3.05) is 11.6 Å². The van der Waals surface area contributed by atoms with E-state index in [0.29, 0.717) is 17.2 Å². The lowest BCUT2D eigenvalue weighted by atomic mass is 10.2. The van der Waals surface area contributed by atoms with Gasteiger partial charge in [-0.25, -0.2) is 4.98 Å². The summed E-state index contributed by atoms with van der Waals surface area (Å²) in [5, 5.41) is 11.7. The smallest absolute Gasteiger partial charge is 0.258 e. The van der Waals surface area contributed by atoms with Crippen molar-refractivity contribution in [2.24, 2.45) is 0 Å². The minimum absolute atomic E-state index is 0.245. The van der Waals surface area contributed by atoms with Gasteiger partial charge >= 0.3 is 0 Å². The van der Waals surface area contributed by atoms with Crippen molar-refractivity contribution in [1.82, 2.24) is 24.1 Å². The van der Waals surface area contributed by atoms with Gasteiger partial charge in [0.1, 0.15) is 0 Å². The number of hydrogen-bond donors (Lipinski definition) is 1. The number of amides is 1. The summed E-state index contributed by atoms with van der Waals surface area (Å²) in [6, 6.07) is 12.9. The Morgan fingerprint density at radius 3 is 2.92 bits per heavy atom. The number of rotatable bonds is 4. The lowest BCUT2D eigenvalue weighted by molar-refractivity contribution is 0.102. The van der Waals surface area contributed by atoms with Crippen molar-refractivity contribution in [2.45, 2.75) is 5.16 Å². The van der Waals surface area contributed by atoms with Crippen LogP contribution in [0.1, 0.15) is 10.4 Å². The van der Waals surface area contributed by atoms with Gasteiger partial charge in [0.15, 0.2) is 10.8 Å². The SMILES string of the molecule is CSc1nccn1-c1cccc(C(=O)Nc2nnc3ccccn23)c1. The van der Waals surface area contributed by atoms with Crippen LogP contribution in [0.5, 0.6) is 0 Å². The van der Waals surface area contributed by atoms with E-state index in [0.717, 1.165) is 10.8 Å². The molecule has 0 atom stereocenters. The summed E-state index contributed by atoms with van der Waals surface area (Å²) < 4.78 is 3.66. The fourth-order valence-corrected chi connectivity index (χ4v) is 3.06. The van der Waals surface area contributed by atoms with Crippen LogP contribution in [0.2, 0.25) is 0 Å². The zero-order valence-electron chi connectivity index (χ0n) is 13.3. The highest BCUT2D eigenvalue weighted by Gasteiger charge is 2.12. The Labute approximate surface area is 147 Å². The first kappa shape index (κ1) is 15.4. The molecule has 1 N–H and O–H groups in total. The van der Waals surface area contributed by atoms with Crippen LogP contribution < -0.4 is 5.32 Å². The Bertz CT molecular complexity index is 1050. The summed E-state index contributed by atoms with van der Waals surface area (Å²) in [5.41, 5.74) is 2.08. The molecular weight excluding hydrogens is 336 g/mol. The molecule has 0 aliphatic carbocycles. The third kappa shape index (κ3) is 2.87. The molecule has 0 saturated heterocycles. The quantitative estimate of drug-likeness (QED) is 0.573. The fourth-order valence-electron chi connectivity index (χ4n) is 2.53. The summed E-state index contributed by atoms with van der Waals surface area (Å²) in [6.07, 6.45) is 7.37. The molecule has 124 valence electrons. The molecular formula is C17H14N6OS. The maximum absolute atomic E-state index is 12.6. The molecule has 0 fully saturated rings. The van der Waals surface area contributed by atoms with Gasteiger partial charge in [0.2, 0.25) is 5.95 Å². The van der Waals surface area contributed by atoms with Crippen LogP contribution in [0.4, 0.5) is 5.95 Å². The van der Waals surface area contributed by atoms with E-state index in [1.54, 1.807) is 34.6 Å². The first-order valence-electron chi connectivity index (χ1n) is 7.55. The average Bonchev–Trinajstić information content (AvgIpc) is 3.29. The van der Waals surface area contributed by atoms with Crippen LogP contribution >= 0.6 is 11.8 Å². The number of nitrogens with zero attached hydrogens (tertiary/aromatic N) is 5. The predicted molar refractivity (Wildman–Crippen MR) is 96.3 cm³/mol. The number of carbonyl (C=O) groups is 1. The van der Waals surface area contributed by atoms with E-state index in [9.17, 15) is 4.79 Å². The molecule has 3 aromatic heterocycles. The van der Waals surface area contributed by atoms with E-state index in [-0.39, 0.29) is 5.91 Å². The number of nitrogens with one attached hydrogen (secondary N) is 1. The number of imidazole rings is 1. The molecule has 1 amide bonds. The Kier molecular flexibility index (Phi) is 3.95. The summed E-state index contributed by atoms with van der Waals surface area (Å²) in [4.78, 5) is 16.9. The molecule has 0 bridgehead atoms. The van der Waals surface area contributed by atoms with E-state index in [4.69, 9.17) is 0 Å². The van der Waals surface area contributed by atoms with Gasteiger partial charge in [-0.3, -0.25) is 19.1 Å². The summed E-state index contributed by atoms with van der Waals surface area (Å²) >= 11 is 1.55. The Morgan fingerprint density at radius 2 is 2.04 bits per heavy atom. The van der Waals surface area contributed by atoms with E-state index in [1.165, 1.54) is 0 Å². The van der Waals surface area contributed by atoms with Crippen LogP contribution in [0.3, 0.4) is 0 Å². The van der Waals surface area contributed by atoms with Crippen molar-refractivity contribution in [1.29, 1.82) is 0 Å². The third-order valence-corrected chi connectivity index (χ3v) is 4.38. The van der Waals surface area contributed by atoms with Crippen molar-refractivity contribution >= 4 is 29.3 Å². The molecule has 0 spiro atoms. The highest BCUT2D eigenvalue weighted by Crippen LogP contribution is 2.19. The largest absolute Gasteiger partial charge is 0.295 e. The van der Waals surface area contributed by atoms with Gasteiger partial charge in [0.25, 0.3) is 5.91 Å². The van der Waals surface area contributed by atoms with Gasteiger partial charge in [-0.15, -0.1) is 10.2 Å². The zero-order valence-corrected chi connectivity index (χ0v) is 14.1. The molecule has 3 heterocycles. The van der Waals surface area contributed by atoms with Crippen LogP contribution in [-0.2, 0) is 0 Å². The molecule has 0 unspecified atom stereocenters. The maximum atomic E-state index is 12.6. The van der Waals surface area contributed by atoms with E-state index < -0.39 is 0 Å². The van der Waals surface area contributed by atoms with Crippen molar-refractivity contribution in [3.05, 3.63) is 66.6 Å².